The first-order valence-corrected chi connectivity index (χ1v) is 8.03. The van der Waals surface area contributed by atoms with Gasteiger partial charge < -0.3 is 10.1 Å². The molecule has 21 heavy (non-hydrogen) atoms. The predicted octanol–water partition coefficient (Wildman–Crippen LogP) is 4.74. The number of hydrogen-bond donors (Lipinski definition) is 1. The second-order valence-corrected chi connectivity index (χ2v) is 6.15. The van der Waals surface area contributed by atoms with Gasteiger partial charge in [-0.2, -0.15) is 0 Å². The molecule has 1 amide bonds. The fraction of sp³-hybridized carbons (Fsp3) is 0.188. The van der Waals surface area contributed by atoms with Gasteiger partial charge in [0.2, 0.25) is 0 Å². The van der Waals surface area contributed by atoms with Crippen LogP contribution in [0.25, 0.3) is 0 Å². The van der Waals surface area contributed by atoms with E-state index in [0.717, 1.165) is 9.26 Å². The lowest BCUT2D eigenvalue weighted by atomic mass is 10.2. The number of benzene rings is 2. The van der Waals surface area contributed by atoms with Gasteiger partial charge in [0, 0.05) is 14.3 Å². The number of nitrogens with one attached hydrogen (secondary N) is 1. The molecule has 0 spiro atoms. The van der Waals surface area contributed by atoms with Crippen molar-refractivity contribution in [1.29, 1.82) is 0 Å². The Morgan fingerprint density at radius 2 is 2.00 bits per heavy atom. The van der Waals surface area contributed by atoms with Gasteiger partial charge in [-0.3, -0.25) is 4.79 Å². The summed E-state index contributed by atoms with van der Waals surface area (Å²) < 4.78 is 6.82. The largest absolute Gasteiger partial charge is 0.481 e. The van der Waals surface area contributed by atoms with Crippen molar-refractivity contribution in [3.05, 3.63) is 57.1 Å². The Morgan fingerprint density at radius 1 is 1.29 bits per heavy atom. The highest BCUT2D eigenvalue weighted by molar-refractivity contribution is 14.1. The van der Waals surface area contributed by atoms with Gasteiger partial charge in [0.1, 0.15) is 5.75 Å². The molecule has 0 saturated heterocycles. The molecule has 1 N–H and O–H groups in total. The van der Waals surface area contributed by atoms with Crippen molar-refractivity contribution in [3.63, 3.8) is 0 Å². The molecule has 0 aliphatic rings. The van der Waals surface area contributed by atoms with Gasteiger partial charge in [0.25, 0.3) is 5.91 Å². The third-order valence-electron chi connectivity index (χ3n) is 2.85. The topological polar surface area (TPSA) is 38.3 Å². The van der Waals surface area contributed by atoms with E-state index in [9.17, 15) is 4.79 Å². The van der Waals surface area contributed by atoms with Crippen molar-refractivity contribution in [3.8, 4) is 5.75 Å². The Morgan fingerprint density at radius 3 is 2.62 bits per heavy atom. The fourth-order valence-electron chi connectivity index (χ4n) is 1.78. The molecule has 2 aromatic rings. The second kappa shape index (κ2) is 7.66. The third kappa shape index (κ3) is 4.89. The summed E-state index contributed by atoms with van der Waals surface area (Å²) in [5.74, 6) is 0.422. The summed E-state index contributed by atoms with van der Waals surface area (Å²) in [6.45, 7) is 1.91. The molecule has 0 fully saturated rings. The van der Waals surface area contributed by atoms with Crippen molar-refractivity contribution in [2.45, 2.75) is 19.4 Å². The summed E-state index contributed by atoms with van der Waals surface area (Å²) >= 11 is 8.13. The Kier molecular flexibility index (Phi) is 5.87. The number of rotatable bonds is 5. The van der Waals surface area contributed by atoms with Crippen molar-refractivity contribution in [2.24, 2.45) is 0 Å². The van der Waals surface area contributed by atoms with E-state index in [1.807, 2.05) is 31.2 Å². The van der Waals surface area contributed by atoms with Crippen molar-refractivity contribution < 1.29 is 9.53 Å². The molecule has 1 atom stereocenters. The molecule has 0 aliphatic heterocycles. The number of amides is 1. The summed E-state index contributed by atoms with van der Waals surface area (Å²) in [5.41, 5.74) is 0.758. The van der Waals surface area contributed by atoms with Gasteiger partial charge >= 0.3 is 0 Å². The maximum Gasteiger partial charge on any atom is 0.265 e. The van der Waals surface area contributed by atoms with E-state index in [4.69, 9.17) is 16.3 Å². The molecule has 2 rings (SSSR count). The van der Waals surface area contributed by atoms with Crippen LogP contribution < -0.4 is 10.1 Å². The molecule has 0 bridgehead atoms. The quantitative estimate of drug-likeness (QED) is 0.716. The Balaban J connectivity index is 2.03. The Labute approximate surface area is 142 Å². The summed E-state index contributed by atoms with van der Waals surface area (Å²) in [4.78, 5) is 12.2. The van der Waals surface area contributed by atoms with Crippen LogP contribution in [0.1, 0.15) is 13.3 Å². The molecule has 0 saturated carbocycles. The lowest BCUT2D eigenvalue weighted by Crippen LogP contribution is -2.32. The number of anilines is 1. The normalized spacial score (nSPS) is 11.8. The second-order valence-electron chi connectivity index (χ2n) is 4.47. The predicted molar refractivity (Wildman–Crippen MR) is 93.9 cm³/mol. The number of halogens is 2. The van der Waals surface area contributed by atoms with Crippen LogP contribution >= 0.6 is 34.2 Å². The van der Waals surface area contributed by atoms with Crippen LogP contribution in [0.3, 0.4) is 0 Å². The summed E-state index contributed by atoms with van der Waals surface area (Å²) in [6.07, 6.45) is 0.0191. The van der Waals surface area contributed by atoms with Gasteiger partial charge in [-0.25, -0.2) is 0 Å². The van der Waals surface area contributed by atoms with E-state index >= 15 is 0 Å². The van der Waals surface area contributed by atoms with Crippen LogP contribution in [0, 0.1) is 3.57 Å². The first kappa shape index (κ1) is 16.1. The average Bonchev–Trinajstić information content (AvgIpc) is 2.47. The maximum atomic E-state index is 12.2. The third-order valence-corrected chi connectivity index (χ3v) is 3.80. The highest BCUT2D eigenvalue weighted by atomic mass is 127. The molecule has 5 heteroatoms. The molecule has 110 valence electrons. The van der Waals surface area contributed by atoms with Crippen LogP contribution in [0.2, 0.25) is 5.02 Å². The number of ether oxygens (including phenoxy) is 1. The molecular formula is C16H15ClINO2. The molecule has 2 aromatic carbocycles. The standard InChI is InChI=1S/C16H15ClINO2/c1-2-15(21-14-5-3-4-11(17)10-14)16(20)19-13-8-6-12(18)7-9-13/h3-10,15H,2H2,1H3,(H,19,20). The zero-order chi connectivity index (χ0) is 15.2. The van der Waals surface area contributed by atoms with Crippen LogP contribution in [0.5, 0.6) is 5.75 Å². The minimum Gasteiger partial charge on any atom is -0.481 e. The van der Waals surface area contributed by atoms with E-state index in [2.05, 4.69) is 27.9 Å². The SMILES string of the molecule is CCC(Oc1cccc(Cl)c1)C(=O)Nc1ccc(I)cc1. The molecule has 1 unspecified atom stereocenters. The smallest absolute Gasteiger partial charge is 0.265 e. The van der Waals surface area contributed by atoms with E-state index in [1.165, 1.54) is 0 Å². The first-order valence-electron chi connectivity index (χ1n) is 6.57. The Hall–Kier alpha value is -1.27. The molecular weight excluding hydrogens is 401 g/mol. The highest BCUT2D eigenvalue weighted by Gasteiger charge is 2.18. The zero-order valence-corrected chi connectivity index (χ0v) is 14.4. The monoisotopic (exact) mass is 415 g/mol. The lowest BCUT2D eigenvalue weighted by Gasteiger charge is -2.17. The van der Waals surface area contributed by atoms with Gasteiger partial charge in [0.15, 0.2) is 6.10 Å². The molecule has 0 heterocycles. The molecule has 0 radical (unpaired) electrons. The van der Waals surface area contributed by atoms with E-state index < -0.39 is 6.10 Å². The minimum atomic E-state index is -0.553. The highest BCUT2D eigenvalue weighted by Crippen LogP contribution is 2.20. The van der Waals surface area contributed by atoms with Gasteiger partial charge in [-0.15, -0.1) is 0 Å². The van der Waals surface area contributed by atoms with Crippen molar-refractivity contribution >= 4 is 45.8 Å². The summed E-state index contributed by atoms with van der Waals surface area (Å²) in [6, 6.07) is 14.7. The summed E-state index contributed by atoms with van der Waals surface area (Å²) in [5, 5.41) is 3.44. The van der Waals surface area contributed by atoms with Crippen molar-refractivity contribution in [2.75, 3.05) is 5.32 Å². The zero-order valence-electron chi connectivity index (χ0n) is 11.5. The van der Waals surface area contributed by atoms with Gasteiger partial charge in [-0.1, -0.05) is 24.6 Å². The minimum absolute atomic E-state index is 0.168. The molecule has 3 nitrogen and oxygen atoms in total. The number of carbonyl (C=O) groups excluding carboxylic acids is 1. The maximum absolute atomic E-state index is 12.2. The number of hydrogen-bond acceptors (Lipinski definition) is 2. The van der Waals surface area contributed by atoms with E-state index in [1.54, 1.807) is 24.3 Å². The van der Waals surface area contributed by atoms with Crippen LogP contribution in [0.15, 0.2) is 48.5 Å². The number of carbonyl (C=O) groups is 1. The fourth-order valence-corrected chi connectivity index (χ4v) is 2.32. The van der Waals surface area contributed by atoms with Gasteiger partial charge in [0.05, 0.1) is 0 Å². The van der Waals surface area contributed by atoms with Crippen LogP contribution in [-0.2, 0) is 4.79 Å². The van der Waals surface area contributed by atoms with Crippen LogP contribution in [-0.4, -0.2) is 12.0 Å². The molecule has 0 aliphatic carbocycles. The van der Waals surface area contributed by atoms with Crippen LogP contribution in [0.4, 0.5) is 5.69 Å². The van der Waals surface area contributed by atoms with Crippen molar-refractivity contribution in [1.82, 2.24) is 0 Å². The summed E-state index contributed by atoms with van der Waals surface area (Å²) in [7, 11) is 0. The average molecular weight is 416 g/mol. The molecule has 0 aromatic heterocycles. The first-order chi connectivity index (χ1) is 10.1. The van der Waals surface area contributed by atoms with E-state index in [0.29, 0.717) is 17.2 Å². The Bertz CT molecular complexity index is 616. The van der Waals surface area contributed by atoms with Gasteiger partial charge in [-0.05, 0) is 71.5 Å². The van der Waals surface area contributed by atoms with E-state index in [-0.39, 0.29) is 5.91 Å². The lowest BCUT2D eigenvalue weighted by molar-refractivity contribution is -0.122.